The average molecular weight is 223 g/mol. The van der Waals surface area contributed by atoms with E-state index in [1.165, 1.54) is 37.8 Å². The van der Waals surface area contributed by atoms with Crippen LogP contribution in [0.15, 0.2) is 6.20 Å². The maximum absolute atomic E-state index is 4.33. The smallest absolute Gasteiger partial charge is 0.0825 e. The Bertz CT molecular complexity index is 304. The largest absolute Gasteiger partial charge is 0.380 e. The molecular weight excluding hydrogens is 198 g/mol. The lowest BCUT2D eigenvalue weighted by Gasteiger charge is -2.13. The number of aryl methyl sites for hydroxylation is 2. The van der Waals surface area contributed by atoms with Crippen LogP contribution in [0.2, 0.25) is 0 Å². The lowest BCUT2D eigenvalue weighted by molar-refractivity contribution is 0.594. The molecule has 3 nitrogen and oxygen atoms in total. The molecule has 0 saturated heterocycles. The highest BCUT2D eigenvalue weighted by Gasteiger charge is 2.06. The van der Waals surface area contributed by atoms with E-state index >= 15 is 0 Å². The van der Waals surface area contributed by atoms with E-state index in [1.807, 2.05) is 18.7 Å². The van der Waals surface area contributed by atoms with Gasteiger partial charge in [-0.2, -0.15) is 5.10 Å². The summed E-state index contributed by atoms with van der Waals surface area (Å²) >= 11 is 0. The van der Waals surface area contributed by atoms with Gasteiger partial charge in [0.05, 0.1) is 11.4 Å². The van der Waals surface area contributed by atoms with Gasteiger partial charge in [0.25, 0.3) is 0 Å². The number of hydrogen-bond acceptors (Lipinski definition) is 2. The van der Waals surface area contributed by atoms with Gasteiger partial charge >= 0.3 is 0 Å². The van der Waals surface area contributed by atoms with Crippen molar-refractivity contribution < 1.29 is 0 Å². The molecular formula is C13H25N3. The number of nitrogens with zero attached hydrogens (tertiary/aromatic N) is 2. The van der Waals surface area contributed by atoms with Gasteiger partial charge in [-0.15, -0.1) is 0 Å². The Morgan fingerprint density at radius 3 is 2.69 bits per heavy atom. The predicted octanol–water partition coefficient (Wildman–Crippen LogP) is 3.50. The second-order valence-electron chi connectivity index (χ2n) is 4.70. The Hall–Kier alpha value is -0.990. The number of rotatable bonds is 7. The molecule has 1 N–H and O–H groups in total. The van der Waals surface area contributed by atoms with Crippen LogP contribution in [0.25, 0.3) is 0 Å². The summed E-state index contributed by atoms with van der Waals surface area (Å²) in [7, 11) is 1.96. The van der Waals surface area contributed by atoms with Crippen LogP contribution in [0.3, 0.4) is 0 Å². The molecule has 1 atom stereocenters. The molecule has 0 aliphatic rings. The topological polar surface area (TPSA) is 29.9 Å². The third-order valence-corrected chi connectivity index (χ3v) is 2.91. The summed E-state index contributed by atoms with van der Waals surface area (Å²) in [5, 5.41) is 7.85. The van der Waals surface area contributed by atoms with Crippen LogP contribution >= 0.6 is 0 Å². The molecule has 16 heavy (non-hydrogen) atoms. The number of nitrogens with one attached hydrogen (secondary N) is 1. The zero-order chi connectivity index (χ0) is 12.0. The van der Waals surface area contributed by atoms with E-state index in [-0.39, 0.29) is 0 Å². The van der Waals surface area contributed by atoms with Gasteiger partial charge in [0, 0.05) is 19.3 Å². The van der Waals surface area contributed by atoms with Crippen molar-refractivity contribution in [2.75, 3.05) is 5.32 Å². The molecule has 3 heteroatoms. The fourth-order valence-electron chi connectivity index (χ4n) is 1.96. The summed E-state index contributed by atoms with van der Waals surface area (Å²) in [6, 6.07) is 0.541. The van der Waals surface area contributed by atoms with E-state index in [4.69, 9.17) is 0 Å². The fourth-order valence-corrected chi connectivity index (χ4v) is 1.96. The molecule has 1 aromatic rings. The van der Waals surface area contributed by atoms with Gasteiger partial charge in [0.15, 0.2) is 0 Å². The lowest BCUT2D eigenvalue weighted by Crippen LogP contribution is -2.15. The van der Waals surface area contributed by atoms with Crippen LogP contribution in [-0.2, 0) is 7.05 Å². The minimum atomic E-state index is 0.541. The summed E-state index contributed by atoms with van der Waals surface area (Å²) in [6.07, 6.45) is 8.64. The molecule has 1 heterocycles. The van der Waals surface area contributed by atoms with E-state index in [2.05, 4.69) is 30.5 Å². The number of anilines is 1. The normalized spacial score (nSPS) is 12.8. The first kappa shape index (κ1) is 13.1. The van der Waals surface area contributed by atoms with E-state index in [1.54, 1.807) is 0 Å². The first-order chi connectivity index (χ1) is 7.63. The van der Waals surface area contributed by atoms with E-state index in [9.17, 15) is 0 Å². The third kappa shape index (κ3) is 4.25. The highest BCUT2D eigenvalue weighted by Crippen LogP contribution is 2.15. The van der Waals surface area contributed by atoms with Crippen LogP contribution in [-0.4, -0.2) is 15.8 Å². The molecule has 0 fully saturated rings. The van der Waals surface area contributed by atoms with Crippen molar-refractivity contribution in [1.29, 1.82) is 0 Å². The van der Waals surface area contributed by atoms with Crippen molar-refractivity contribution in [3.63, 3.8) is 0 Å². The van der Waals surface area contributed by atoms with Gasteiger partial charge in [-0.05, 0) is 20.3 Å². The molecule has 92 valence electrons. The number of hydrogen-bond donors (Lipinski definition) is 1. The highest BCUT2D eigenvalue weighted by molar-refractivity contribution is 5.46. The Labute approximate surface area is 99.2 Å². The molecule has 1 rings (SSSR count). The second kappa shape index (κ2) is 6.56. The maximum atomic E-state index is 4.33. The molecule has 0 saturated carbocycles. The summed E-state index contributed by atoms with van der Waals surface area (Å²) < 4.78 is 1.86. The van der Waals surface area contributed by atoms with Crippen molar-refractivity contribution in [1.82, 2.24) is 9.78 Å². The fraction of sp³-hybridized carbons (Fsp3) is 0.769. The Kier molecular flexibility index (Phi) is 5.36. The van der Waals surface area contributed by atoms with Crippen molar-refractivity contribution in [2.45, 2.75) is 58.9 Å². The van der Waals surface area contributed by atoms with E-state index in [0.717, 1.165) is 5.69 Å². The molecule has 0 aromatic carbocycles. The van der Waals surface area contributed by atoms with Gasteiger partial charge in [-0.25, -0.2) is 0 Å². The Morgan fingerprint density at radius 1 is 1.38 bits per heavy atom. The zero-order valence-electron chi connectivity index (χ0n) is 11.1. The standard InChI is InChI=1S/C13H25N3/c1-5-6-7-8-9-11(2)14-13-10-16(4)15-12(13)3/h10-11,14H,5-9H2,1-4H3. The molecule has 1 unspecified atom stereocenters. The van der Waals surface area contributed by atoms with Gasteiger partial charge in [0.1, 0.15) is 0 Å². The molecule has 1 aromatic heterocycles. The van der Waals surface area contributed by atoms with Gasteiger partial charge in [-0.1, -0.05) is 32.6 Å². The third-order valence-electron chi connectivity index (χ3n) is 2.91. The molecule has 0 amide bonds. The molecule has 0 bridgehead atoms. The number of unbranched alkanes of at least 4 members (excludes halogenated alkanes) is 3. The summed E-state index contributed by atoms with van der Waals surface area (Å²) in [5.74, 6) is 0. The molecule has 0 radical (unpaired) electrons. The van der Waals surface area contributed by atoms with Crippen LogP contribution in [0.4, 0.5) is 5.69 Å². The van der Waals surface area contributed by atoms with Crippen molar-refractivity contribution in [3.8, 4) is 0 Å². The molecule has 0 spiro atoms. The zero-order valence-corrected chi connectivity index (χ0v) is 11.1. The van der Waals surface area contributed by atoms with Gasteiger partial charge in [0.2, 0.25) is 0 Å². The highest BCUT2D eigenvalue weighted by atomic mass is 15.3. The van der Waals surface area contributed by atoms with E-state index in [0.29, 0.717) is 6.04 Å². The van der Waals surface area contributed by atoms with Crippen molar-refractivity contribution in [2.24, 2.45) is 7.05 Å². The monoisotopic (exact) mass is 223 g/mol. The minimum absolute atomic E-state index is 0.541. The van der Waals surface area contributed by atoms with Crippen molar-refractivity contribution in [3.05, 3.63) is 11.9 Å². The minimum Gasteiger partial charge on any atom is -0.380 e. The lowest BCUT2D eigenvalue weighted by atomic mass is 10.1. The summed E-state index contributed by atoms with van der Waals surface area (Å²) in [5.41, 5.74) is 2.26. The van der Waals surface area contributed by atoms with Gasteiger partial charge < -0.3 is 5.32 Å². The maximum Gasteiger partial charge on any atom is 0.0825 e. The first-order valence-electron chi connectivity index (χ1n) is 6.40. The second-order valence-corrected chi connectivity index (χ2v) is 4.70. The number of aromatic nitrogens is 2. The molecule has 0 aliphatic carbocycles. The predicted molar refractivity (Wildman–Crippen MR) is 69.8 cm³/mol. The van der Waals surface area contributed by atoms with Crippen LogP contribution in [0.5, 0.6) is 0 Å². The Morgan fingerprint density at radius 2 is 2.12 bits per heavy atom. The summed E-state index contributed by atoms with van der Waals surface area (Å²) in [6.45, 7) is 6.55. The van der Waals surface area contributed by atoms with Crippen LogP contribution < -0.4 is 5.32 Å². The first-order valence-corrected chi connectivity index (χ1v) is 6.40. The quantitative estimate of drug-likeness (QED) is 0.717. The average Bonchev–Trinajstić information content (AvgIpc) is 2.52. The van der Waals surface area contributed by atoms with Gasteiger partial charge in [-0.3, -0.25) is 4.68 Å². The Balaban J connectivity index is 2.28. The summed E-state index contributed by atoms with van der Waals surface area (Å²) in [4.78, 5) is 0. The SMILES string of the molecule is CCCCCCC(C)Nc1cn(C)nc1C. The van der Waals surface area contributed by atoms with Crippen LogP contribution in [0, 0.1) is 6.92 Å². The van der Waals surface area contributed by atoms with Crippen molar-refractivity contribution >= 4 is 5.69 Å². The van der Waals surface area contributed by atoms with E-state index < -0.39 is 0 Å². The molecule has 0 aliphatic heterocycles. The van der Waals surface area contributed by atoms with Crippen LogP contribution in [0.1, 0.15) is 51.6 Å².